The van der Waals surface area contributed by atoms with Gasteiger partial charge < -0.3 is 14.3 Å². The quantitative estimate of drug-likeness (QED) is 0.270. The van der Waals surface area contributed by atoms with Crippen LogP contribution in [0, 0.1) is 6.92 Å². The molecule has 5 rings (SSSR count). The van der Waals surface area contributed by atoms with Gasteiger partial charge in [-0.05, 0) is 31.2 Å². The minimum absolute atomic E-state index is 0.799. The molecule has 4 heterocycles. The van der Waals surface area contributed by atoms with Gasteiger partial charge in [0.15, 0.2) is 5.65 Å². The average Bonchev–Trinajstić information content (AvgIpc) is 3.54. The molecular formula is C29H44N6O. The second kappa shape index (κ2) is 18.6. The van der Waals surface area contributed by atoms with E-state index in [4.69, 9.17) is 4.74 Å². The lowest BCUT2D eigenvalue weighted by molar-refractivity contribution is 0.415. The smallest absolute Gasteiger partial charge is 0.156 e. The molecule has 4 aromatic heterocycles. The monoisotopic (exact) mass is 492 g/mol. The van der Waals surface area contributed by atoms with Crippen LogP contribution in [0.4, 0.5) is 0 Å². The zero-order valence-electron chi connectivity index (χ0n) is 23.9. The minimum atomic E-state index is 0.799. The van der Waals surface area contributed by atoms with Crippen molar-refractivity contribution in [2.45, 2.75) is 62.3 Å². The summed E-state index contributed by atoms with van der Waals surface area (Å²) in [6, 6.07) is 8.12. The lowest BCUT2D eigenvalue weighted by Crippen LogP contribution is -1.84. The predicted molar refractivity (Wildman–Crippen MR) is 155 cm³/mol. The molecule has 0 atom stereocenters. The molecule has 7 heteroatoms. The highest BCUT2D eigenvalue weighted by molar-refractivity contribution is 5.98. The van der Waals surface area contributed by atoms with E-state index in [2.05, 4.69) is 47.8 Å². The maximum absolute atomic E-state index is 5.34. The standard InChI is InChI=1S/C16H14N4O.C5H6N2.4C2H6/c1-20-9-12(11-7-10(21-2)3-4-15(11)20)13-8-14-16(19-13)18-6-5-17-14;1-5-4-6-2-3-7-5;4*1-2/h3-9H,1-2H3,(H,18,19);2-4H,1H3;4*1-2H3. The fourth-order valence-corrected chi connectivity index (χ4v) is 3.08. The summed E-state index contributed by atoms with van der Waals surface area (Å²) in [5.74, 6) is 0.849. The zero-order valence-corrected chi connectivity index (χ0v) is 23.9. The SMILES string of the molecule is CC.CC.CC.CC.COc1ccc2c(c1)c(-c1cc3nccnc3[nH]1)cn2C.Cc1cnccn1. The van der Waals surface area contributed by atoms with Crippen molar-refractivity contribution >= 4 is 22.1 Å². The molecule has 0 amide bonds. The van der Waals surface area contributed by atoms with E-state index < -0.39 is 0 Å². The van der Waals surface area contributed by atoms with E-state index in [9.17, 15) is 0 Å². The summed E-state index contributed by atoms with van der Waals surface area (Å²) >= 11 is 0. The second-order valence-electron chi connectivity index (χ2n) is 6.36. The van der Waals surface area contributed by atoms with Crippen molar-refractivity contribution in [2.24, 2.45) is 7.05 Å². The topological polar surface area (TPSA) is 81.5 Å². The largest absolute Gasteiger partial charge is 0.497 e. The van der Waals surface area contributed by atoms with Crippen molar-refractivity contribution < 1.29 is 4.74 Å². The van der Waals surface area contributed by atoms with Gasteiger partial charge in [0, 0.05) is 60.7 Å². The van der Waals surface area contributed by atoms with Crippen molar-refractivity contribution in [2.75, 3.05) is 7.11 Å². The molecule has 196 valence electrons. The van der Waals surface area contributed by atoms with E-state index in [0.29, 0.717) is 0 Å². The van der Waals surface area contributed by atoms with Gasteiger partial charge in [-0.25, -0.2) is 4.98 Å². The zero-order chi connectivity index (χ0) is 27.5. The van der Waals surface area contributed by atoms with Gasteiger partial charge >= 0.3 is 0 Å². The highest BCUT2D eigenvalue weighted by Gasteiger charge is 2.12. The van der Waals surface area contributed by atoms with E-state index >= 15 is 0 Å². The van der Waals surface area contributed by atoms with Crippen LogP contribution in [0.5, 0.6) is 5.75 Å². The Balaban J connectivity index is 0.000000686. The maximum Gasteiger partial charge on any atom is 0.156 e. The first kappa shape index (κ1) is 32.3. The van der Waals surface area contributed by atoms with Crippen LogP contribution >= 0.6 is 0 Å². The molecule has 5 aromatic rings. The van der Waals surface area contributed by atoms with Gasteiger partial charge in [0.25, 0.3) is 0 Å². The molecule has 0 aliphatic rings. The Morgan fingerprint density at radius 1 is 0.806 bits per heavy atom. The van der Waals surface area contributed by atoms with Gasteiger partial charge in [-0.15, -0.1) is 0 Å². The summed E-state index contributed by atoms with van der Waals surface area (Å²) in [5, 5.41) is 1.14. The van der Waals surface area contributed by atoms with Crippen LogP contribution in [0.2, 0.25) is 0 Å². The Hall–Kier alpha value is -3.74. The Morgan fingerprint density at radius 3 is 1.97 bits per heavy atom. The van der Waals surface area contributed by atoms with Crippen molar-refractivity contribution in [3.63, 3.8) is 0 Å². The van der Waals surface area contributed by atoms with E-state index in [1.807, 2.05) is 81.5 Å². The van der Waals surface area contributed by atoms with Crippen LogP contribution in [0.1, 0.15) is 61.1 Å². The lowest BCUT2D eigenvalue weighted by Gasteiger charge is -2.01. The van der Waals surface area contributed by atoms with E-state index in [1.54, 1.807) is 38.1 Å². The number of H-pyrrole nitrogens is 1. The lowest BCUT2D eigenvalue weighted by atomic mass is 10.1. The van der Waals surface area contributed by atoms with Gasteiger partial charge in [0.05, 0.1) is 18.5 Å². The number of benzene rings is 1. The molecule has 0 aliphatic heterocycles. The molecule has 0 spiro atoms. The van der Waals surface area contributed by atoms with Crippen LogP contribution < -0.4 is 4.74 Å². The molecule has 0 aliphatic carbocycles. The van der Waals surface area contributed by atoms with Gasteiger partial charge in [-0.1, -0.05) is 55.4 Å². The van der Waals surface area contributed by atoms with Crippen LogP contribution in [0.3, 0.4) is 0 Å². The summed E-state index contributed by atoms with van der Waals surface area (Å²) in [6.07, 6.45) is 10.6. The molecular weight excluding hydrogens is 448 g/mol. The highest BCUT2D eigenvalue weighted by atomic mass is 16.5. The highest BCUT2D eigenvalue weighted by Crippen LogP contribution is 2.33. The summed E-state index contributed by atoms with van der Waals surface area (Å²) in [6.45, 7) is 17.9. The van der Waals surface area contributed by atoms with Gasteiger partial charge in [0.2, 0.25) is 0 Å². The van der Waals surface area contributed by atoms with E-state index in [1.165, 1.54) is 0 Å². The predicted octanol–water partition coefficient (Wildman–Crippen LogP) is 8.02. The molecule has 7 nitrogen and oxygen atoms in total. The number of nitrogens with one attached hydrogen (secondary N) is 1. The van der Waals surface area contributed by atoms with E-state index in [0.717, 1.165) is 44.8 Å². The summed E-state index contributed by atoms with van der Waals surface area (Å²) < 4.78 is 7.44. The number of hydrogen-bond donors (Lipinski definition) is 1. The van der Waals surface area contributed by atoms with Crippen molar-refractivity contribution in [1.29, 1.82) is 0 Å². The molecule has 0 bridgehead atoms. The molecule has 1 N–H and O–H groups in total. The third-order valence-corrected chi connectivity index (χ3v) is 4.44. The fraction of sp³-hybridized carbons (Fsp3) is 0.379. The molecule has 0 fully saturated rings. The Morgan fingerprint density at radius 2 is 1.44 bits per heavy atom. The maximum atomic E-state index is 5.34. The van der Waals surface area contributed by atoms with Crippen LogP contribution in [0.15, 0.2) is 61.4 Å². The number of aryl methyl sites for hydroxylation is 2. The third-order valence-electron chi connectivity index (χ3n) is 4.44. The first-order valence-electron chi connectivity index (χ1n) is 12.8. The van der Waals surface area contributed by atoms with Crippen LogP contribution in [0.25, 0.3) is 33.3 Å². The Labute approximate surface area is 217 Å². The third kappa shape index (κ3) is 8.80. The summed E-state index contributed by atoms with van der Waals surface area (Å²) in [5.41, 5.74) is 5.91. The minimum Gasteiger partial charge on any atom is -0.497 e. The first-order chi connectivity index (χ1) is 17.7. The number of hydrogen-bond acceptors (Lipinski definition) is 5. The average molecular weight is 493 g/mol. The van der Waals surface area contributed by atoms with Crippen molar-refractivity contribution in [3.05, 3.63) is 67.1 Å². The number of ether oxygens (including phenoxy) is 1. The molecule has 0 unspecified atom stereocenters. The van der Waals surface area contributed by atoms with Gasteiger partial charge in [-0.2, -0.15) is 0 Å². The van der Waals surface area contributed by atoms with Crippen LogP contribution in [-0.4, -0.2) is 36.6 Å². The fourth-order valence-electron chi connectivity index (χ4n) is 3.08. The van der Waals surface area contributed by atoms with Gasteiger partial charge in [0.1, 0.15) is 11.3 Å². The van der Waals surface area contributed by atoms with Crippen molar-refractivity contribution in [1.82, 2.24) is 29.5 Å². The molecule has 1 aromatic carbocycles. The molecule has 0 saturated carbocycles. The number of fused-ring (bicyclic) bond motifs is 2. The number of aromatic nitrogens is 6. The van der Waals surface area contributed by atoms with E-state index in [-0.39, 0.29) is 0 Å². The second-order valence-corrected chi connectivity index (χ2v) is 6.36. The van der Waals surface area contributed by atoms with Gasteiger partial charge in [-0.3, -0.25) is 15.0 Å². The first-order valence-corrected chi connectivity index (χ1v) is 12.8. The number of methoxy groups -OCH3 is 1. The Bertz CT molecular complexity index is 1200. The molecule has 0 radical (unpaired) electrons. The summed E-state index contributed by atoms with van der Waals surface area (Å²) in [4.78, 5) is 19.7. The number of nitrogens with zero attached hydrogens (tertiary/aromatic N) is 5. The number of rotatable bonds is 2. The number of aromatic amines is 1. The van der Waals surface area contributed by atoms with Crippen LogP contribution in [-0.2, 0) is 7.05 Å². The van der Waals surface area contributed by atoms with Crippen molar-refractivity contribution in [3.8, 4) is 17.0 Å². The molecule has 36 heavy (non-hydrogen) atoms. The molecule has 0 saturated heterocycles. The Kier molecular flexibility index (Phi) is 16.6. The summed E-state index contributed by atoms with van der Waals surface area (Å²) in [7, 11) is 3.72. The normalized spacial score (nSPS) is 8.97.